The summed E-state index contributed by atoms with van der Waals surface area (Å²) < 4.78 is 5.06. The molecule has 0 atom stereocenters. The van der Waals surface area contributed by atoms with E-state index in [1.54, 1.807) is 0 Å². The predicted molar refractivity (Wildman–Crippen MR) is 299 cm³/mol. The molecular weight excluding hydrogens is 875 g/mol. The third-order valence-electron chi connectivity index (χ3n) is 13.2. The summed E-state index contributed by atoms with van der Waals surface area (Å²) in [6.45, 7) is 0. The molecule has 0 bridgehead atoms. The van der Waals surface area contributed by atoms with Crippen molar-refractivity contribution in [3.8, 4) is 11.1 Å². The highest BCUT2D eigenvalue weighted by atomic mass is 32.1. The highest BCUT2D eigenvalue weighted by molar-refractivity contribution is 7.26. The van der Waals surface area contributed by atoms with Crippen LogP contribution in [0.2, 0.25) is 0 Å². The second-order valence-corrected chi connectivity index (χ2v) is 19.6. The van der Waals surface area contributed by atoms with E-state index in [-0.39, 0.29) is 0 Å². The number of fused-ring (bicyclic) bond motifs is 7. The molecule has 2 heterocycles. The van der Waals surface area contributed by atoms with Crippen LogP contribution in [0, 0.1) is 0 Å². The average Bonchev–Trinajstić information content (AvgIpc) is 3.97. The number of hydrogen-bond donors (Lipinski definition) is 0. The lowest BCUT2D eigenvalue weighted by atomic mass is 10.0. The smallest absolute Gasteiger partial charge is 0.0482 e. The van der Waals surface area contributed by atoms with Gasteiger partial charge in [-0.2, -0.15) is 0 Å². The summed E-state index contributed by atoms with van der Waals surface area (Å²) in [4.78, 5) is 7.16. The fraction of sp³-hybridized carbons (Fsp3) is 0. The largest absolute Gasteiger partial charge is 0.310 e. The molecule has 0 aliphatic heterocycles. The zero-order valence-electron chi connectivity index (χ0n) is 37.5. The average molecular weight is 918 g/mol. The first-order valence-corrected chi connectivity index (χ1v) is 24.9. The normalized spacial score (nSPS) is 11.5. The molecule has 326 valence electrons. The molecule has 0 saturated carbocycles. The van der Waals surface area contributed by atoms with Crippen LogP contribution in [0.4, 0.5) is 51.2 Å². The van der Waals surface area contributed by atoms with Crippen LogP contribution in [-0.2, 0) is 0 Å². The monoisotopic (exact) mass is 917 g/mol. The molecule has 0 saturated heterocycles. The molecule has 2 aromatic heterocycles. The quantitative estimate of drug-likeness (QED) is 0.135. The summed E-state index contributed by atoms with van der Waals surface area (Å²) in [7, 11) is 0. The van der Waals surface area contributed by atoms with Gasteiger partial charge in [-0.25, -0.2) is 0 Å². The van der Waals surface area contributed by atoms with Gasteiger partial charge in [0.05, 0.1) is 0 Å². The number of rotatable bonds is 10. The molecule has 0 amide bonds. The highest BCUT2D eigenvalue weighted by Gasteiger charge is 2.21. The number of thiophene rings is 2. The summed E-state index contributed by atoms with van der Waals surface area (Å²) in [6, 6.07) is 94.9. The number of nitrogens with zero attached hydrogens (tertiary/aromatic N) is 3. The Hall–Kier alpha value is -8.48. The lowest BCUT2D eigenvalue weighted by molar-refractivity contribution is 1.26. The molecular formula is C64H43N3S2. The van der Waals surface area contributed by atoms with E-state index >= 15 is 0 Å². The van der Waals surface area contributed by atoms with Crippen LogP contribution < -0.4 is 14.7 Å². The molecule has 13 rings (SSSR count). The fourth-order valence-electron chi connectivity index (χ4n) is 9.90. The first-order chi connectivity index (χ1) is 34.2. The van der Waals surface area contributed by atoms with Gasteiger partial charge in [-0.15, -0.1) is 22.7 Å². The third-order valence-corrected chi connectivity index (χ3v) is 15.4. The minimum atomic E-state index is 1.07. The fourth-order valence-corrected chi connectivity index (χ4v) is 12.2. The van der Waals surface area contributed by atoms with Crippen LogP contribution in [0.3, 0.4) is 0 Å². The van der Waals surface area contributed by atoms with Gasteiger partial charge in [0.1, 0.15) is 0 Å². The van der Waals surface area contributed by atoms with Crippen LogP contribution in [0.5, 0.6) is 0 Å². The Labute approximate surface area is 409 Å². The van der Waals surface area contributed by atoms with E-state index in [0.717, 1.165) is 51.2 Å². The maximum Gasteiger partial charge on any atom is 0.0482 e. The Balaban J connectivity index is 0.960. The molecule has 13 aromatic rings. The molecule has 11 aromatic carbocycles. The van der Waals surface area contributed by atoms with Crippen molar-refractivity contribution in [2.45, 2.75) is 0 Å². The highest BCUT2D eigenvalue weighted by Crippen LogP contribution is 2.47. The van der Waals surface area contributed by atoms with Gasteiger partial charge in [-0.3, -0.25) is 0 Å². The van der Waals surface area contributed by atoms with E-state index in [9.17, 15) is 0 Å². The van der Waals surface area contributed by atoms with Crippen molar-refractivity contribution in [3.05, 3.63) is 261 Å². The maximum atomic E-state index is 2.44. The second-order valence-electron chi connectivity index (χ2n) is 17.4. The molecule has 0 unspecified atom stereocenters. The Morgan fingerprint density at radius 3 is 1.16 bits per heavy atom. The molecule has 0 radical (unpaired) electrons. The van der Waals surface area contributed by atoms with Crippen LogP contribution in [-0.4, -0.2) is 0 Å². The molecule has 69 heavy (non-hydrogen) atoms. The Kier molecular flexibility index (Phi) is 10.2. The van der Waals surface area contributed by atoms with E-state index in [1.165, 1.54) is 62.2 Å². The molecule has 0 N–H and O–H groups in total. The van der Waals surface area contributed by atoms with Crippen molar-refractivity contribution < 1.29 is 0 Å². The van der Waals surface area contributed by atoms with Crippen molar-refractivity contribution in [2.75, 3.05) is 14.7 Å². The zero-order chi connectivity index (χ0) is 45.7. The van der Waals surface area contributed by atoms with E-state index in [1.807, 2.05) is 22.7 Å². The van der Waals surface area contributed by atoms with Crippen molar-refractivity contribution in [1.82, 2.24) is 0 Å². The SMILES string of the molecule is c1ccc(-c2ccc(N(c3cccc(N(c4ccc5c(c4)sc4ccccc45)c4ccc5c(c4)sc4cc(N(c6ccccc6)c6ccccc6)ccc45)c3)c3ccc4ccccc4c3)cc2)cc1. The minimum Gasteiger partial charge on any atom is -0.310 e. The summed E-state index contributed by atoms with van der Waals surface area (Å²) in [5.74, 6) is 0. The van der Waals surface area contributed by atoms with Crippen LogP contribution in [0.15, 0.2) is 261 Å². The first-order valence-electron chi connectivity index (χ1n) is 23.3. The molecule has 0 spiro atoms. The second kappa shape index (κ2) is 17.3. The van der Waals surface area contributed by atoms with E-state index in [2.05, 4.69) is 276 Å². The number of hydrogen-bond acceptors (Lipinski definition) is 5. The third kappa shape index (κ3) is 7.55. The summed E-state index contributed by atoms with van der Waals surface area (Å²) >= 11 is 3.71. The first kappa shape index (κ1) is 40.8. The minimum absolute atomic E-state index is 1.07. The standard InChI is InChI=1S/C64H43N3S2/c1-4-15-44(16-5-1)46-27-30-50(31-28-46)66(53-32-29-45-17-10-11-18-47(45)39-53)51-23-14-24-52(40-51)67(55-34-36-58-57-25-12-13-26-61(57)68-62(58)42-55)56-35-38-60-59-37-33-54(41-63(59)69-64(60)43-56)65(48-19-6-2-7-20-48)49-21-8-3-9-22-49/h1-43H. The van der Waals surface area contributed by atoms with Gasteiger partial charge in [-0.05, 0) is 131 Å². The van der Waals surface area contributed by atoms with E-state index in [0.29, 0.717) is 0 Å². The lowest BCUT2D eigenvalue weighted by Gasteiger charge is -2.29. The summed E-state index contributed by atoms with van der Waals surface area (Å²) in [5, 5.41) is 7.51. The Bertz CT molecular complexity index is 3940. The Morgan fingerprint density at radius 2 is 0.565 bits per heavy atom. The van der Waals surface area contributed by atoms with Gasteiger partial charge in [0, 0.05) is 91.5 Å². The molecule has 5 heteroatoms. The van der Waals surface area contributed by atoms with Crippen LogP contribution in [0.1, 0.15) is 0 Å². The van der Waals surface area contributed by atoms with Crippen LogP contribution >= 0.6 is 22.7 Å². The topological polar surface area (TPSA) is 9.72 Å². The molecule has 0 aliphatic rings. The predicted octanol–water partition coefficient (Wildman–Crippen LogP) is 19.7. The van der Waals surface area contributed by atoms with Gasteiger partial charge in [0.15, 0.2) is 0 Å². The summed E-state index contributed by atoms with van der Waals surface area (Å²) in [5.41, 5.74) is 12.3. The van der Waals surface area contributed by atoms with Crippen molar-refractivity contribution >= 4 is 125 Å². The Morgan fingerprint density at radius 1 is 0.203 bits per heavy atom. The van der Waals surface area contributed by atoms with Gasteiger partial charge >= 0.3 is 0 Å². The van der Waals surface area contributed by atoms with Crippen molar-refractivity contribution in [3.63, 3.8) is 0 Å². The molecule has 0 aliphatic carbocycles. The number of para-hydroxylation sites is 2. The van der Waals surface area contributed by atoms with Gasteiger partial charge in [0.2, 0.25) is 0 Å². The van der Waals surface area contributed by atoms with Gasteiger partial charge in [0.25, 0.3) is 0 Å². The summed E-state index contributed by atoms with van der Waals surface area (Å²) in [6.07, 6.45) is 0. The molecule has 3 nitrogen and oxygen atoms in total. The number of anilines is 9. The van der Waals surface area contributed by atoms with Crippen molar-refractivity contribution in [1.29, 1.82) is 0 Å². The number of benzene rings is 11. The zero-order valence-corrected chi connectivity index (χ0v) is 39.1. The van der Waals surface area contributed by atoms with Crippen LogP contribution in [0.25, 0.3) is 62.2 Å². The maximum absolute atomic E-state index is 2.44. The van der Waals surface area contributed by atoms with Gasteiger partial charge < -0.3 is 14.7 Å². The van der Waals surface area contributed by atoms with Crippen molar-refractivity contribution in [2.24, 2.45) is 0 Å². The van der Waals surface area contributed by atoms with Gasteiger partial charge in [-0.1, -0.05) is 152 Å². The molecule has 0 fully saturated rings. The van der Waals surface area contributed by atoms with E-state index < -0.39 is 0 Å². The van der Waals surface area contributed by atoms with E-state index in [4.69, 9.17) is 0 Å². The lowest BCUT2D eigenvalue weighted by Crippen LogP contribution is -2.13.